The molecule has 1 N–H and O–H groups in total. The molecule has 11 nitrogen and oxygen atoms in total. The van der Waals surface area contributed by atoms with E-state index in [2.05, 4.69) is 22.3 Å². The molecule has 2 amide bonds. The number of hydrogen-bond acceptors (Lipinski definition) is 9. The number of methoxy groups -OCH3 is 1. The number of hydrogen-bond donors (Lipinski definition) is 1. The van der Waals surface area contributed by atoms with Crippen LogP contribution in [0.25, 0.3) is 10.9 Å². The first kappa shape index (κ1) is 32.4. The Hall–Kier alpha value is -4.55. The van der Waals surface area contributed by atoms with Crippen LogP contribution < -0.4 is 25.2 Å². The van der Waals surface area contributed by atoms with E-state index in [9.17, 15) is 14.4 Å². The van der Waals surface area contributed by atoms with Crippen LogP contribution in [0.5, 0.6) is 11.5 Å². The van der Waals surface area contributed by atoms with Gasteiger partial charge >= 0.3 is 0 Å². The summed E-state index contributed by atoms with van der Waals surface area (Å²) in [6.45, 7) is 6.12. The van der Waals surface area contributed by atoms with Gasteiger partial charge in [0.15, 0.2) is 16.7 Å². The molecule has 1 fully saturated rings. The molecule has 0 saturated carbocycles. The summed E-state index contributed by atoms with van der Waals surface area (Å²) in [5, 5.41) is 3.34. The van der Waals surface area contributed by atoms with Crippen molar-refractivity contribution < 1.29 is 23.8 Å². The molecule has 0 spiro atoms. The number of ether oxygens (including phenoxy) is 3. The van der Waals surface area contributed by atoms with Gasteiger partial charge in [-0.05, 0) is 48.7 Å². The second-order valence-electron chi connectivity index (χ2n) is 11.5. The van der Waals surface area contributed by atoms with Gasteiger partial charge in [0.25, 0.3) is 11.5 Å². The molecule has 3 aromatic carbocycles. The zero-order valence-corrected chi connectivity index (χ0v) is 27.5. The molecule has 6 rings (SSSR count). The highest BCUT2D eigenvalue weighted by Gasteiger charge is 2.25. The Morgan fingerprint density at radius 3 is 2.43 bits per heavy atom. The lowest BCUT2D eigenvalue weighted by Crippen LogP contribution is -2.48. The molecule has 12 heteroatoms. The van der Waals surface area contributed by atoms with Crippen LogP contribution in [0.2, 0.25) is 0 Å². The molecule has 2 aliphatic rings. The maximum atomic E-state index is 14.0. The molecule has 2 aliphatic heterocycles. The van der Waals surface area contributed by atoms with Crippen molar-refractivity contribution in [1.82, 2.24) is 19.8 Å². The highest BCUT2D eigenvalue weighted by atomic mass is 32.2. The van der Waals surface area contributed by atoms with E-state index in [1.165, 1.54) is 11.8 Å². The largest absolute Gasteiger partial charge is 0.454 e. The van der Waals surface area contributed by atoms with Crippen molar-refractivity contribution in [3.8, 4) is 11.5 Å². The van der Waals surface area contributed by atoms with Gasteiger partial charge in [0.2, 0.25) is 12.7 Å². The summed E-state index contributed by atoms with van der Waals surface area (Å²) in [5.74, 6) is 0.900. The molecule has 3 heterocycles. The minimum Gasteiger partial charge on any atom is -0.454 e. The van der Waals surface area contributed by atoms with Gasteiger partial charge in [-0.1, -0.05) is 49.0 Å². The van der Waals surface area contributed by atoms with E-state index >= 15 is 0 Å². The molecule has 0 radical (unpaired) electrons. The molecule has 47 heavy (non-hydrogen) atoms. The lowest BCUT2D eigenvalue weighted by atomic mass is 10.1. The van der Waals surface area contributed by atoms with Crippen molar-refractivity contribution in [1.29, 1.82) is 0 Å². The first-order valence-electron chi connectivity index (χ1n) is 15.9. The second kappa shape index (κ2) is 14.9. The molecule has 4 aromatic rings. The van der Waals surface area contributed by atoms with Crippen LogP contribution in [0, 0.1) is 0 Å². The van der Waals surface area contributed by atoms with Gasteiger partial charge < -0.3 is 29.3 Å². The van der Waals surface area contributed by atoms with E-state index in [0.717, 1.165) is 24.3 Å². The maximum absolute atomic E-state index is 14.0. The SMILES string of the molecule is CCC(Sc1nc2cc3c(cc2c(=O)n1Cc1ccc(C(=O)N2CCN(c4ccccc4)CC2)cc1)OCO3)C(=O)NCCCOC. The molecule has 1 atom stereocenters. The van der Waals surface area contributed by atoms with Crippen molar-refractivity contribution in [3.63, 3.8) is 0 Å². The van der Waals surface area contributed by atoms with Crippen LogP contribution in [-0.2, 0) is 16.1 Å². The molecule has 1 saturated heterocycles. The molecule has 0 aliphatic carbocycles. The second-order valence-corrected chi connectivity index (χ2v) is 12.6. The number of aromatic nitrogens is 2. The molecular formula is C35H39N5O6S. The zero-order valence-electron chi connectivity index (χ0n) is 26.6. The monoisotopic (exact) mass is 657 g/mol. The number of carbonyl (C=O) groups is 2. The van der Waals surface area contributed by atoms with Gasteiger partial charge in [-0.2, -0.15) is 0 Å². The highest BCUT2D eigenvalue weighted by Crippen LogP contribution is 2.35. The third-order valence-electron chi connectivity index (χ3n) is 8.38. The first-order valence-corrected chi connectivity index (χ1v) is 16.8. The Morgan fingerprint density at radius 2 is 1.72 bits per heavy atom. The normalized spacial score (nSPS) is 14.8. The summed E-state index contributed by atoms with van der Waals surface area (Å²) in [7, 11) is 1.63. The standard InChI is InChI=1S/C35H39N5O6S/c1-3-31(32(41)36-14-7-19-44-2)47-35-37-28-21-30-29(45-23-46-30)20-27(28)34(43)40(35)22-24-10-12-25(13-11-24)33(42)39-17-15-38(16-18-39)26-8-5-4-6-9-26/h4-6,8-13,20-21,31H,3,7,14-19,22-23H2,1-2H3,(H,36,41). The smallest absolute Gasteiger partial charge is 0.262 e. The summed E-state index contributed by atoms with van der Waals surface area (Å²) in [5.41, 5.74) is 2.82. The number of nitrogens with one attached hydrogen (secondary N) is 1. The molecule has 246 valence electrons. The Balaban J connectivity index is 1.21. The number of carbonyl (C=O) groups excluding carboxylic acids is 2. The van der Waals surface area contributed by atoms with E-state index in [-0.39, 0.29) is 30.7 Å². The summed E-state index contributed by atoms with van der Waals surface area (Å²) in [6.07, 6.45) is 1.25. The van der Waals surface area contributed by atoms with E-state index in [1.807, 2.05) is 54.3 Å². The minimum atomic E-state index is -0.454. The number of benzene rings is 3. The number of amides is 2. The Kier molecular flexibility index (Phi) is 10.3. The lowest BCUT2D eigenvalue weighted by Gasteiger charge is -2.36. The van der Waals surface area contributed by atoms with Crippen LogP contribution in [-0.4, -0.2) is 84.7 Å². The molecule has 0 bridgehead atoms. The fourth-order valence-corrected chi connectivity index (χ4v) is 6.77. The summed E-state index contributed by atoms with van der Waals surface area (Å²) in [4.78, 5) is 49.4. The third-order valence-corrected chi connectivity index (χ3v) is 9.73. The summed E-state index contributed by atoms with van der Waals surface area (Å²) >= 11 is 1.27. The Labute approximate surface area is 277 Å². The van der Waals surface area contributed by atoms with E-state index in [0.29, 0.717) is 72.2 Å². The number of piperazine rings is 1. The van der Waals surface area contributed by atoms with Crippen LogP contribution in [0.1, 0.15) is 35.7 Å². The Morgan fingerprint density at radius 1 is 1.00 bits per heavy atom. The van der Waals surface area contributed by atoms with Crippen LogP contribution >= 0.6 is 11.8 Å². The van der Waals surface area contributed by atoms with Gasteiger partial charge in [0.1, 0.15) is 0 Å². The van der Waals surface area contributed by atoms with Crippen LogP contribution in [0.15, 0.2) is 76.7 Å². The van der Waals surface area contributed by atoms with E-state index < -0.39 is 5.25 Å². The minimum absolute atomic E-state index is 0.0107. The number of anilines is 1. The quantitative estimate of drug-likeness (QED) is 0.136. The average Bonchev–Trinajstić information content (AvgIpc) is 3.58. The third kappa shape index (κ3) is 7.39. The Bertz CT molecular complexity index is 1770. The average molecular weight is 658 g/mol. The fourth-order valence-electron chi connectivity index (χ4n) is 5.74. The highest BCUT2D eigenvalue weighted by molar-refractivity contribution is 8.00. The van der Waals surface area contributed by atoms with Crippen LogP contribution in [0.4, 0.5) is 5.69 Å². The number of para-hydroxylation sites is 1. The first-order chi connectivity index (χ1) is 22.9. The maximum Gasteiger partial charge on any atom is 0.262 e. The van der Waals surface area contributed by atoms with E-state index in [4.69, 9.17) is 19.2 Å². The summed E-state index contributed by atoms with van der Waals surface area (Å²) in [6, 6.07) is 21.0. The number of thioether (sulfide) groups is 1. The predicted molar refractivity (Wildman–Crippen MR) is 182 cm³/mol. The van der Waals surface area contributed by atoms with Crippen molar-refractivity contribution >= 4 is 40.2 Å². The fraction of sp³-hybridized carbons (Fsp3) is 0.371. The number of rotatable bonds is 12. The van der Waals surface area contributed by atoms with Gasteiger partial charge in [0.05, 0.1) is 22.7 Å². The topological polar surface area (TPSA) is 115 Å². The number of nitrogens with zero attached hydrogens (tertiary/aromatic N) is 4. The van der Waals surface area contributed by atoms with E-state index in [1.54, 1.807) is 23.8 Å². The van der Waals surface area contributed by atoms with Crippen LogP contribution in [0.3, 0.4) is 0 Å². The van der Waals surface area contributed by atoms with Gasteiger partial charge in [-0.15, -0.1) is 0 Å². The lowest BCUT2D eigenvalue weighted by molar-refractivity contribution is -0.120. The summed E-state index contributed by atoms with van der Waals surface area (Å²) < 4.78 is 17.7. The molecule has 1 aromatic heterocycles. The van der Waals surface area contributed by atoms with Crippen molar-refractivity contribution in [2.45, 2.75) is 36.7 Å². The zero-order chi connectivity index (χ0) is 32.8. The predicted octanol–water partition coefficient (Wildman–Crippen LogP) is 4.16. The van der Waals surface area contributed by atoms with Crippen molar-refractivity contribution in [3.05, 3.63) is 88.2 Å². The van der Waals surface area contributed by atoms with Gasteiger partial charge in [0, 0.05) is 63.8 Å². The van der Waals surface area contributed by atoms with Gasteiger partial charge in [-0.25, -0.2) is 4.98 Å². The number of fused-ring (bicyclic) bond motifs is 2. The molecular weight excluding hydrogens is 618 g/mol. The van der Waals surface area contributed by atoms with Crippen molar-refractivity contribution in [2.75, 3.05) is 58.1 Å². The molecule has 1 unspecified atom stereocenters. The van der Waals surface area contributed by atoms with Gasteiger partial charge in [-0.3, -0.25) is 19.0 Å². The van der Waals surface area contributed by atoms with Crippen molar-refractivity contribution in [2.24, 2.45) is 0 Å².